The van der Waals surface area contributed by atoms with Gasteiger partial charge in [-0.25, -0.2) is 24.9 Å². The molecule has 16 rings (SSSR count). The second-order valence-corrected chi connectivity index (χ2v) is 28.3. The summed E-state index contributed by atoms with van der Waals surface area (Å²) in [4.78, 5) is 45.7. The highest BCUT2D eigenvalue weighted by Gasteiger charge is 2.42. The molecule has 0 amide bonds. The van der Waals surface area contributed by atoms with Crippen LogP contribution in [-0.4, -0.2) is 195 Å². The van der Waals surface area contributed by atoms with Gasteiger partial charge in [0, 0.05) is 96.6 Å². The van der Waals surface area contributed by atoms with Gasteiger partial charge >= 0.3 is 12.4 Å². The Morgan fingerprint density at radius 1 is 0.541 bits per heavy atom. The Labute approximate surface area is 635 Å². The summed E-state index contributed by atoms with van der Waals surface area (Å²) in [6.07, 6.45) is 20.2. The molecule has 3 aliphatic carbocycles. The largest absolute Gasteiger partial charge is 0.480 e. The Bertz CT molecular complexity index is 4730. The molecule has 11 aromatic rings. The normalized spacial score (nSPS) is 20.3. The average molecular weight is 1600 g/mol. The van der Waals surface area contributed by atoms with Crippen LogP contribution >= 0.6 is 27.5 Å². The van der Waals surface area contributed by atoms with Gasteiger partial charge in [-0.05, 0) is 109 Å². The van der Waals surface area contributed by atoms with Crippen molar-refractivity contribution < 1.29 is 31.1 Å². The highest BCUT2D eigenvalue weighted by molar-refractivity contribution is 9.10. The SMILES string of the molecule is CCNc1nc(Nc2cnn(C3CC(N4CCN(C)CC4)C3)c2C)ncc1C(F)(F)F.CNc1nc(Nc2cn(C3(C)CCn4ccnc43)nc2C)ncc1C(F)(F)F.CNc1nc(Nc2cnn(C3CC(n4nccn4)C3)c2C)ncc1Br.COc1nc(Nc2cnn(C3CC(n4nccn4)C3)c2C)ncc1Cl. The zero-order chi connectivity index (χ0) is 77.1. The topological polar surface area (TPSA) is 354 Å². The van der Waals surface area contributed by atoms with Gasteiger partial charge in [-0.1, -0.05) is 11.6 Å². The Hall–Kier alpha value is -10.7. The fourth-order valence-electron chi connectivity index (χ4n) is 13.6. The standard InChI is InChI=1S/C20H29F3N8.C17H19F3N8.C15H18BrN9.C15H17ClN8O/c1-4-24-18-16(20(21,22)23)11-25-19(28-18)27-17-12-26-31(13(17)2)15-9-14(10-15)30-7-5-29(3)6-8-30;1-10-12(24-15-23-8-11(17(18,19)20)13(21-3)25-15)9-28(26-10)16(2)4-6-27-7-5-22-14(16)27;1-9-13(22-15-18-7-12(16)14(17-2)23-15)8-21-24(9)10-5-11(6-10)25-19-3-4-20-25;1-9-13(21-15-17-7-12(16)14(22-15)25-2)8-20-23(9)10-5-11(6-10)24-18-3-4-19-24/h11-12,14-15H,4-10H2,1-3H3,(H2,24,25,27,28);5,7-9H,4,6H2,1-3H3,(H2,21,23,24,25);3-4,7-8,10-11H,5-6H2,1-2H3,(H2,17,18,22,23);3-4,7-8,10-11H,5-6H2,1-2H3,(H,17,21,22). The van der Waals surface area contributed by atoms with Crippen LogP contribution in [0.4, 0.5) is 90.3 Å². The predicted molar refractivity (Wildman–Crippen MR) is 397 cm³/mol. The van der Waals surface area contributed by atoms with Crippen LogP contribution < -0.4 is 42.0 Å². The van der Waals surface area contributed by atoms with Crippen molar-refractivity contribution >= 4 is 91.5 Å². The van der Waals surface area contributed by atoms with Gasteiger partial charge in [0.05, 0.1) is 137 Å². The third kappa shape index (κ3) is 16.8. The number of nitrogens with one attached hydrogen (secondary N) is 7. The number of ether oxygens (including phenoxy) is 1. The number of halogens is 8. The van der Waals surface area contributed by atoms with Crippen LogP contribution in [0.25, 0.3) is 0 Å². The molecule has 109 heavy (non-hydrogen) atoms. The molecule has 1 unspecified atom stereocenters. The van der Waals surface area contributed by atoms with Gasteiger partial charge in [-0.2, -0.15) is 96.7 Å². The highest BCUT2D eigenvalue weighted by atomic mass is 79.9. The molecule has 2 aliphatic heterocycles. The summed E-state index contributed by atoms with van der Waals surface area (Å²) in [6.45, 7) is 17.2. The number of methoxy groups -OCH3 is 1. The molecule has 0 bridgehead atoms. The summed E-state index contributed by atoms with van der Waals surface area (Å²) in [6, 6.07) is 2.33. The molecule has 11 aromatic heterocycles. The third-order valence-electron chi connectivity index (χ3n) is 20.1. The van der Waals surface area contributed by atoms with E-state index in [9.17, 15) is 26.3 Å². The minimum Gasteiger partial charge on any atom is -0.480 e. The second kappa shape index (κ2) is 32.3. The fourth-order valence-corrected chi connectivity index (χ4v) is 14.2. The van der Waals surface area contributed by atoms with Crippen molar-refractivity contribution in [3.05, 3.63) is 136 Å². The summed E-state index contributed by atoms with van der Waals surface area (Å²) >= 11 is 9.36. The van der Waals surface area contributed by atoms with Crippen LogP contribution in [0.15, 0.2) is 91.2 Å². The molecule has 1 atom stereocenters. The molecule has 7 N–H and O–H groups in total. The zero-order valence-corrected chi connectivity index (χ0v) is 63.6. The highest BCUT2D eigenvalue weighted by Crippen LogP contribution is 2.45. The lowest BCUT2D eigenvalue weighted by molar-refractivity contribution is -0.138. The van der Waals surface area contributed by atoms with E-state index >= 15 is 0 Å². The van der Waals surface area contributed by atoms with Crippen LogP contribution in [0.1, 0.15) is 129 Å². The molecule has 13 heterocycles. The molecular formula is C67H83BrClF6N33O. The quantitative estimate of drug-likeness (QED) is 0.0349. The number of rotatable bonds is 20. The number of likely N-dealkylation sites (N-methyl/N-ethyl adjacent to an activating group) is 1. The van der Waals surface area contributed by atoms with Crippen LogP contribution in [0, 0.1) is 27.7 Å². The van der Waals surface area contributed by atoms with E-state index in [4.69, 9.17) is 16.3 Å². The van der Waals surface area contributed by atoms with Gasteiger partial charge in [0.25, 0.3) is 0 Å². The molecule has 0 aromatic carbocycles. The van der Waals surface area contributed by atoms with Crippen molar-refractivity contribution in [2.24, 2.45) is 0 Å². The molecular weight excluding hydrogens is 1510 g/mol. The van der Waals surface area contributed by atoms with Crippen molar-refractivity contribution in [1.29, 1.82) is 0 Å². The lowest BCUT2D eigenvalue weighted by Gasteiger charge is -2.46. The molecule has 0 spiro atoms. The van der Waals surface area contributed by atoms with Crippen LogP contribution in [-0.2, 0) is 24.4 Å². The Morgan fingerprint density at radius 3 is 1.48 bits per heavy atom. The molecule has 34 nitrogen and oxygen atoms in total. The average Bonchev–Trinajstić information content (AvgIpc) is 1.61. The Kier molecular flexibility index (Phi) is 22.6. The lowest BCUT2D eigenvalue weighted by atomic mass is 9.85. The minimum absolute atomic E-state index is 0.0538. The summed E-state index contributed by atoms with van der Waals surface area (Å²) in [5.41, 5.74) is 4.58. The van der Waals surface area contributed by atoms with E-state index in [1.54, 1.807) is 72.3 Å². The van der Waals surface area contributed by atoms with Crippen molar-refractivity contribution in [3.8, 4) is 5.88 Å². The first-order chi connectivity index (χ1) is 52.3. The summed E-state index contributed by atoms with van der Waals surface area (Å²) < 4.78 is 94.4. The molecule has 3 saturated carbocycles. The van der Waals surface area contributed by atoms with Crippen LogP contribution in [0.2, 0.25) is 5.02 Å². The number of imidazole rings is 1. The maximum absolute atomic E-state index is 13.2. The summed E-state index contributed by atoms with van der Waals surface area (Å²) in [5.74, 6) is 2.57. The van der Waals surface area contributed by atoms with Crippen molar-refractivity contribution in [1.82, 2.24) is 128 Å². The van der Waals surface area contributed by atoms with Gasteiger partial charge in [0.2, 0.25) is 29.7 Å². The monoisotopic (exact) mass is 1590 g/mol. The fraction of sp³-hybridized carbons (Fsp3) is 0.478. The number of hydrogen-bond donors (Lipinski definition) is 7. The number of aryl methyl sites for hydroxylation is 2. The molecule has 42 heteroatoms. The van der Waals surface area contributed by atoms with Gasteiger partial charge < -0.3 is 51.4 Å². The van der Waals surface area contributed by atoms with E-state index in [1.807, 2.05) is 61.2 Å². The Balaban J connectivity index is 0.000000128. The van der Waals surface area contributed by atoms with Crippen molar-refractivity contribution in [3.63, 3.8) is 0 Å². The van der Waals surface area contributed by atoms with E-state index in [0.717, 1.165) is 135 Å². The summed E-state index contributed by atoms with van der Waals surface area (Å²) in [7, 11) is 6.88. The lowest BCUT2D eigenvalue weighted by Crippen LogP contribution is -2.53. The number of fused-ring (bicyclic) bond motifs is 1. The number of anilines is 11. The first kappa shape index (κ1) is 76.5. The molecule has 1 saturated heterocycles. The molecule has 578 valence electrons. The van der Waals surface area contributed by atoms with Gasteiger partial charge in [0.1, 0.15) is 45.0 Å². The number of hydrogen-bond acceptors (Lipinski definition) is 27. The van der Waals surface area contributed by atoms with E-state index in [-0.39, 0.29) is 23.5 Å². The Morgan fingerprint density at radius 2 is 0.991 bits per heavy atom. The zero-order valence-electron chi connectivity index (χ0n) is 61.3. The van der Waals surface area contributed by atoms with Crippen LogP contribution in [0.5, 0.6) is 5.88 Å². The van der Waals surface area contributed by atoms with E-state index < -0.39 is 29.0 Å². The van der Waals surface area contributed by atoms with E-state index in [2.05, 4.69) is 172 Å². The third-order valence-corrected chi connectivity index (χ3v) is 20.9. The van der Waals surface area contributed by atoms with Gasteiger partial charge in [-0.15, -0.1) is 0 Å². The van der Waals surface area contributed by atoms with Crippen molar-refractivity contribution in [2.45, 2.75) is 147 Å². The van der Waals surface area contributed by atoms with Crippen LogP contribution in [0.3, 0.4) is 0 Å². The smallest absolute Gasteiger partial charge is 0.421 e. The number of nitrogens with zero attached hydrogens (tertiary/aromatic N) is 26. The predicted octanol–water partition coefficient (Wildman–Crippen LogP) is 11.5. The van der Waals surface area contributed by atoms with Gasteiger partial charge in [0.15, 0.2) is 0 Å². The first-order valence-corrected chi connectivity index (χ1v) is 36.5. The second-order valence-electron chi connectivity index (χ2n) is 27.1. The molecule has 0 radical (unpaired) electrons. The van der Waals surface area contributed by atoms with Gasteiger partial charge in [-0.3, -0.25) is 23.6 Å². The number of alkyl halides is 6. The molecule has 5 aliphatic rings. The number of aromatic nitrogens is 24. The maximum Gasteiger partial charge on any atom is 0.421 e. The number of piperazine rings is 1. The minimum atomic E-state index is -4.53. The molecule has 4 fully saturated rings. The van der Waals surface area contributed by atoms with E-state index in [1.165, 1.54) is 20.4 Å². The first-order valence-electron chi connectivity index (χ1n) is 35.3. The maximum atomic E-state index is 13.2. The van der Waals surface area contributed by atoms with E-state index in [0.29, 0.717) is 82.7 Å². The van der Waals surface area contributed by atoms with Crippen molar-refractivity contribution in [2.75, 3.05) is 98.2 Å². The summed E-state index contributed by atoms with van der Waals surface area (Å²) in [5, 5.41) is 55.9.